The Morgan fingerprint density at radius 1 is 1.14 bits per heavy atom. The number of carbonyl (C=O) groups is 3. The number of ether oxygens (including phenoxy) is 1. The number of hydrogen-bond acceptors (Lipinski definition) is 5. The van der Waals surface area contributed by atoms with Crippen molar-refractivity contribution in [3.63, 3.8) is 0 Å². The molecular weight excluding hydrogens is 360 g/mol. The summed E-state index contributed by atoms with van der Waals surface area (Å²) in [5.74, 6) is -1.95. The largest absolute Gasteiger partial charge is 0.458 e. The van der Waals surface area contributed by atoms with E-state index in [9.17, 15) is 19.5 Å². The van der Waals surface area contributed by atoms with E-state index in [4.69, 9.17) is 4.74 Å². The van der Waals surface area contributed by atoms with Gasteiger partial charge in [-0.05, 0) is 38.7 Å². The minimum absolute atomic E-state index is 0.202. The Labute approximate surface area is 166 Å². The number of rotatable bonds is 9. The highest BCUT2D eigenvalue weighted by atomic mass is 16.6. The number of hydrogen-bond donors (Lipinski definition) is 3. The molecular formula is C21H32N2O5. The molecule has 0 bridgehead atoms. The van der Waals surface area contributed by atoms with E-state index in [0.717, 1.165) is 6.42 Å². The first-order valence-electron chi connectivity index (χ1n) is 9.58. The summed E-state index contributed by atoms with van der Waals surface area (Å²) in [6, 6.07) is 7.75. The van der Waals surface area contributed by atoms with Crippen molar-refractivity contribution >= 4 is 17.8 Å². The monoisotopic (exact) mass is 392 g/mol. The van der Waals surface area contributed by atoms with Crippen LogP contribution in [0.25, 0.3) is 0 Å². The maximum atomic E-state index is 12.5. The van der Waals surface area contributed by atoms with E-state index in [-0.39, 0.29) is 12.5 Å². The lowest BCUT2D eigenvalue weighted by Gasteiger charge is -2.25. The summed E-state index contributed by atoms with van der Waals surface area (Å²) >= 11 is 0. The highest BCUT2D eigenvalue weighted by Crippen LogP contribution is 2.18. The zero-order valence-corrected chi connectivity index (χ0v) is 17.3. The van der Waals surface area contributed by atoms with Crippen LogP contribution in [0.1, 0.15) is 59.1 Å². The molecule has 0 spiro atoms. The SMILES string of the molecule is CCCC(C)C(O)C(=O)NCC(=O)N[C@H](C(=O)OC(C)(C)C)c1ccccc1. The predicted octanol–water partition coefficient (Wildman–Crippen LogP) is 2.10. The topological polar surface area (TPSA) is 105 Å². The van der Waals surface area contributed by atoms with Crippen molar-refractivity contribution in [1.29, 1.82) is 0 Å². The molecule has 156 valence electrons. The number of aliphatic hydroxyl groups is 1. The van der Waals surface area contributed by atoms with Crippen LogP contribution in [0.15, 0.2) is 30.3 Å². The van der Waals surface area contributed by atoms with Crippen LogP contribution in [0.3, 0.4) is 0 Å². The Kier molecular flexibility index (Phi) is 9.12. The molecule has 0 aliphatic rings. The van der Waals surface area contributed by atoms with Gasteiger partial charge in [0.1, 0.15) is 11.7 Å². The molecule has 0 fully saturated rings. The van der Waals surface area contributed by atoms with Crippen LogP contribution in [0.2, 0.25) is 0 Å². The average molecular weight is 392 g/mol. The molecule has 0 heterocycles. The van der Waals surface area contributed by atoms with Gasteiger partial charge in [0.2, 0.25) is 11.8 Å². The summed E-state index contributed by atoms with van der Waals surface area (Å²) in [5.41, 5.74) is -0.129. The first-order chi connectivity index (χ1) is 13.0. The van der Waals surface area contributed by atoms with Crippen LogP contribution in [-0.4, -0.2) is 41.1 Å². The second-order valence-electron chi connectivity index (χ2n) is 7.87. The molecule has 28 heavy (non-hydrogen) atoms. The number of amides is 2. The van der Waals surface area contributed by atoms with Crippen molar-refractivity contribution in [2.45, 2.75) is 65.2 Å². The third-order valence-electron chi connectivity index (χ3n) is 4.06. The third-order valence-corrected chi connectivity index (χ3v) is 4.06. The number of esters is 1. The average Bonchev–Trinajstić information content (AvgIpc) is 2.62. The van der Waals surface area contributed by atoms with Crippen molar-refractivity contribution in [3.8, 4) is 0 Å². The Morgan fingerprint density at radius 2 is 1.75 bits per heavy atom. The summed E-state index contributed by atoms with van der Waals surface area (Å²) in [4.78, 5) is 36.9. The summed E-state index contributed by atoms with van der Waals surface area (Å²) in [7, 11) is 0. The van der Waals surface area contributed by atoms with Gasteiger partial charge in [-0.1, -0.05) is 50.6 Å². The Hall–Kier alpha value is -2.41. The minimum Gasteiger partial charge on any atom is -0.458 e. The van der Waals surface area contributed by atoms with E-state index in [0.29, 0.717) is 12.0 Å². The van der Waals surface area contributed by atoms with Gasteiger partial charge in [0.15, 0.2) is 6.04 Å². The Balaban J connectivity index is 2.74. The van der Waals surface area contributed by atoms with Crippen LogP contribution in [0.5, 0.6) is 0 Å². The van der Waals surface area contributed by atoms with E-state index in [1.165, 1.54) is 0 Å². The van der Waals surface area contributed by atoms with Gasteiger partial charge in [0.25, 0.3) is 0 Å². The molecule has 7 heteroatoms. The van der Waals surface area contributed by atoms with Gasteiger partial charge in [0, 0.05) is 0 Å². The zero-order chi connectivity index (χ0) is 21.3. The number of benzene rings is 1. The van der Waals surface area contributed by atoms with Crippen molar-refractivity contribution in [1.82, 2.24) is 10.6 Å². The first kappa shape index (κ1) is 23.6. The van der Waals surface area contributed by atoms with Crippen LogP contribution >= 0.6 is 0 Å². The smallest absolute Gasteiger partial charge is 0.333 e. The van der Waals surface area contributed by atoms with E-state index in [1.807, 2.05) is 6.92 Å². The fraction of sp³-hybridized carbons (Fsp3) is 0.571. The van der Waals surface area contributed by atoms with Crippen molar-refractivity contribution in [2.24, 2.45) is 5.92 Å². The van der Waals surface area contributed by atoms with Crippen LogP contribution in [0, 0.1) is 5.92 Å². The highest BCUT2D eigenvalue weighted by molar-refractivity contribution is 5.90. The summed E-state index contributed by atoms with van der Waals surface area (Å²) in [5, 5.41) is 15.0. The fourth-order valence-corrected chi connectivity index (χ4v) is 2.64. The third kappa shape index (κ3) is 8.08. The summed E-state index contributed by atoms with van der Waals surface area (Å²) in [6.45, 7) is 8.63. The molecule has 0 aliphatic carbocycles. The van der Waals surface area contributed by atoms with Gasteiger partial charge in [-0.15, -0.1) is 0 Å². The van der Waals surface area contributed by atoms with Crippen LogP contribution in [-0.2, 0) is 19.1 Å². The molecule has 1 rings (SSSR count). The molecule has 1 aromatic rings. The van der Waals surface area contributed by atoms with E-state index in [2.05, 4.69) is 10.6 Å². The molecule has 0 saturated carbocycles. The normalized spacial score (nSPS) is 14.5. The fourth-order valence-electron chi connectivity index (χ4n) is 2.64. The number of carbonyl (C=O) groups excluding carboxylic acids is 3. The van der Waals surface area contributed by atoms with Gasteiger partial charge in [-0.2, -0.15) is 0 Å². The number of aliphatic hydroxyl groups excluding tert-OH is 1. The van der Waals surface area contributed by atoms with Crippen molar-refractivity contribution in [2.75, 3.05) is 6.54 Å². The molecule has 0 saturated heterocycles. The van der Waals surface area contributed by atoms with E-state index >= 15 is 0 Å². The van der Waals surface area contributed by atoms with Crippen molar-refractivity contribution < 1.29 is 24.2 Å². The lowest BCUT2D eigenvalue weighted by atomic mass is 9.99. The standard InChI is InChI=1S/C21H32N2O5/c1-6-10-14(2)18(25)19(26)22-13-16(24)23-17(15-11-8-7-9-12-15)20(27)28-21(3,4)5/h7-9,11-12,14,17-18,25H,6,10,13H2,1-5H3,(H,22,26)(H,23,24)/t14?,17-,18?/m0/s1. The first-order valence-corrected chi connectivity index (χ1v) is 9.58. The number of nitrogens with one attached hydrogen (secondary N) is 2. The molecule has 0 aliphatic heterocycles. The lowest BCUT2D eigenvalue weighted by Crippen LogP contribution is -2.46. The zero-order valence-electron chi connectivity index (χ0n) is 17.3. The second-order valence-corrected chi connectivity index (χ2v) is 7.87. The second kappa shape index (κ2) is 10.8. The molecule has 7 nitrogen and oxygen atoms in total. The molecule has 2 unspecified atom stereocenters. The lowest BCUT2D eigenvalue weighted by molar-refractivity contribution is -0.158. The van der Waals surface area contributed by atoms with E-state index in [1.54, 1.807) is 58.0 Å². The summed E-state index contributed by atoms with van der Waals surface area (Å²) in [6.07, 6.45) is 0.374. The quantitative estimate of drug-likeness (QED) is 0.558. The molecule has 3 atom stereocenters. The molecule has 2 amide bonds. The highest BCUT2D eigenvalue weighted by Gasteiger charge is 2.28. The summed E-state index contributed by atoms with van der Waals surface area (Å²) < 4.78 is 5.40. The minimum atomic E-state index is -1.18. The molecule has 3 N–H and O–H groups in total. The van der Waals surface area contributed by atoms with Gasteiger partial charge >= 0.3 is 5.97 Å². The van der Waals surface area contributed by atoms with Gasteiger partial charge < -0.3 is 20.5 Å². The Bertz CT molecular complexity index is 655. The van der Waals surface area contributed by atoms with Gasteiger partial charge in [-0.3, -0.25) is 9.59 Å². The van der Waals surface area contributed by atoms with Gasteiger partial charge in [-0.25, -0.2) is 4.79 Å². The maximum absolute atomic E-state index is 12.5. The van der Waals surface area contributed by atoms with E-state index < -0.39 is 35.5 Å². The van der Waals surface area contributed by atoms with Crippen LogP contribution in [0.4, 0.5) is 0 Å². The molecule has 0 aromatic heterocycles. The molecule has 0 radical (unpaired) electrons. The maximum Gasteiger partial charge on any atom is 0.333 e. The van der Waals surface area contributed by atoms with Crippen molar-refractivity contribution in [3.05, 3.63) is 35.9 Å². The van der Waals surface area contributed by atoms with Gasteiger partial charge in [0.05, 0.1) is 6.54 Å². The van der Waals surface area contributed by atoms with Crippen LogP contribution < -0.4 is 10.6 Å². The molecule has 1 aromatic carbocycles. The predicted molar refractivity (Wildman–Crippen MR) is 106 cm³/mol. The Morgan fingerprint density at radius 3 is 2.29 bits per heavy atom.